The quantitative estimate of drug-likeness (QED) is 0.0765. The van der Waals surface area contributed by atoms with Crippen molar-refractivity contribution in [2.45, 2.75) is 174 Å². The molecule has 35 heavy (non-hydrogen) atoms. The van der Waals surface area contributed by atoms with Gasteiger partial charge in [0, 0.05) is 32.7 Å². The van der Waals surface area contributed by atoms with E-state index in [9.17, 15) is 0 Å². The Labute approximate surface area is 219 Å². The lowest BCUT2D eigenvalue weighted by molar-refractivity contribution is -0.148. The molecule has 0 saturated heterocycles. The zero-order chi connectivity index (χ0) is 25.7. The van der Waals surface area contributed by atoms with Gasteiger partial charge in [-0.15, -0.1) is 0 Å². The summed E-state index contributed by atoms with van der Waals surface area (Å²) < 4.78 is 18.1. The number of unbranched alkanes of at least 4 members (excludes halogenated alkanes) is 16. The Morgan fingerprint density at radius 1 is 0.514 bits per heavy atom. The molecule has 0 aliphatic rings. The third-order valence-electron chi connectivity index (χ3n) is 6.81. The van der Waals surface area contributed by atoms with Gasteiger partial charge in [-0.25, -0.2) is 0 Å². The van der Waals surface area contributed by atoms with E-state index in [4.69, 9.17) is 19.5 Å². The molecule has 0 heterocycles. The Morgan fingerprint density at radius 3 is 1.43 bits per heavy atom. The number of rotatable bonds is 29. The third kappa shape index (κ3) is 26.2. The van der Waals surface area contributed by atoms with Crippen molar-refractivity contribution < 1.29 is 14.2 Å². The highest BCUT2D eigenvalue weighted by Gasteiger charge is 2.15. The summed E-state index contributed by atoms with van der Waals surface area (Å²) >= 11 is 0. The topological polar surface area (TPSA) is 51.5 Å². The predicted molar refractivity (Wildman–Crippen MR) is 150 cm³/mol. The van der Waals surface area contributed by atoms with Crippen LogP contribution in [0.4, 0.5) is 0 Å². The smallest absolute Gasteiger partial charge is 0.157 e. The fourth-order valence-corrected chi connectivity index (χ4v) is 4.55. The van der Waals surface area contributed by atoms with Crippen molar-refractivity contribution in [3.8, 4) is 6.07 Å². The normalized spacial score (nSPS) is 13.1. The minimum atomic E-state index is -0.144. The van der Waals surface area contributed by atoms with Gasteiger partial charge in [-0.1, -0.05) is 117 Å². The lowest BCUT2D eigenvalue weighted by atomic mass is 10.1. The largest absolute Gasteiger partial charge is 0.378 e. The van der Waals surface area contributed by atoms with Crippen LogP contribution in [0.25, 0.3) is 0 Å². The zero-order valence-corrected chi connectivity index (χ0v) is 24.0. The monoisotopic (exact) mass is 495 g/mol. The first-order valence-corrected chi connectivity index (χ1v) is 15.5. The van der Waals surface area contributed by atoms with Crippen molar-refractivity contribution >= 4 is 0 Å². The van der Waals surface area contributed by atoms with Crippen molar-refractivity contribution in [1.29, 1.82) is 5.26 Å². The van der Waals surface area contributed by atoms with E-state index in [-0.39, 0.29) is 12.4 Å². The fourth-order valence-electron chi connectivity index (χ4n) is 4.55. The molecule has 0 aromatic carbocycles. The number of nitrogens with zero attached hydrogens (tertiary/aromatic N) is 1. The first kappa shape index (κ1) is 34.4. The molecule has 0 fully saturated rings. The molecule has 0 saturated carbocycles. The molecule has 0 N–H and O–H groups in total. The van der Waals surface area contributed by atoms with Crippen molar-refractivity contribution in [2.24, 2.45) is 0 Å². The van der Waals surface area contributed by atoms with Gasteiger partial charge in [-0.3, -0.25) is 0 Å². The number of hydrogen-bond donors (Lipinski definition) is 0. The maximum atomic E-state index is 9.03. The van der Waals surface area contributed by atoms with Gasteiger partial charge in [0.25, 0.3) is 0 Å². The van der Waals surface area contributed by atoms with Gasteiger partial charge in [0.15, 0.2) is 6.29 Å². The highest BCUT2D eigenvalue weighted by molar-refractivity contribution is 4.73. The molecule has 0 bridgehead atoms. The first-order valence-electron chi connectivity index (χ1n) is 15.5. The average Bonchev–Trinajstić information content (AvgIpc) is 2.87. The second kappa shape index (κ2) is 29.6. The summed E-state index contributed by atoms with van der Waals surface area (Å²) in [6, 6.07) is 2.28. The molecule has 0 aromatic heterocycles. The molecule has 0 spiro atoms. The van der Waals surface area contributed by atoms with Crippen LogP contribution in [0.3, 0.4) is 0 Å². The minimum Gasteiger partial charge on any atom is -0.378 e. The molecule has 0 aliphatic heterocycles. The van der Waals surface area contributed by atoms with E-state index in [0.29, 0.717) is 13.0 Å². The standard InChI is InChI=1S/C31H61NO3/c1-4-7-9-11-13-15-17-19-21-28-34-30(24-23-27-32)25-26-31(33-6-3)35-29-22-20-18-16-14-12-10-8-5-2/h30-31H,4-26,28-29H2,1-3H3. The molecule has 0 amide bonds. The van der Waals surface area contributed by atoms with E-state index in [1.165, 1.54) is 103 Å². The van der Waals surface area contributed by atoms with Gasteiger partial charge in [0.1, 0.15) is 0 Å². The molecule has 0 aliphatic carbocycles. The van der Waals surface area contributed by atoms with Gasteiger partial charge in [0.05, 0.1) is 12.2 Å². The Hall–Kier alpha value is -0.630. The molecule has 0 rings (SSSR count). The van der Waals surface area contributed by atoms with E-state index in [1.807, 2.05) is 6.92 Å². The van der Waals surface area contributed by atoms with E-state index in [1.54, 1.807) is 0 Å². The van der Waals surface area contributed by atoms with Crippen LogP contribution in [0.2, 0.25) is 0 Å². The Kier molecular flexibility index (Phi) is 29.1. The van der Waals surface area contributed by atoms with E-state index >= 15 is 0 Å². The van der Waals surface area contributed by atoms with Crippen molar-refractivity contribution in [2.75, 3.05) is 19.8 Å². The number of hydrogen-bond acceptors (Lipinski definition) is 4. The van der Waals surface area contributed by atoms with E-state index < -0.39 is 0 Å². The summed E-state index contributed by atoms with van der Waals surface area (Å²) in [6.45, 7) is 8.83. The SMILES string of the molecule is CCCCCCCCCCCOC(CCC#N)CCC(OCC)OCCCCCCCCCCC. The lowest BCUT2D eigenvalue weighted by Crippen LogP contribution is -2.22. The number of nitriles is 1. The van der Waals surface area contributed by atoms with Crippen molar-refractivity contribution in [1.82, 2.24) is 0 Å². The average molecular weight is 496 g/mol. The van der Waals surface area contributed by atoms with Gasteiger partial charge < -0.3 is 14.2 Å². The first-order chi connectivity index (χ1) is 17.3. The van der Waals surface area contributed by atoms with Crippen LogP contribution in [-0.4, -0.2) is 32.2 Å². The molecular weight excluding hydrogens is 434 g/mol. The summed E-state index contributed by atoms with van der Waals surface area (Å²) in [5.74, 6) is 0. The molecule has 0 aromatic rings. The summed E-state index contributed by atoms with van der Waals surface area (Å²) in [5, 5.41) is 9.03. The zero-order valence-electron chi connectivity index (χ0n) is 24.0. The van der Waals surface area contributed by atoms with Gasteiger partial charge in [-0.05, 0) is 32.6 Å². The molecule has 2 atom stereocenters. The highest BCUT2D eigenvalue weighted by Crippen LogP contribution is 2.16. The highest BCUT2D eigenvalue weighted by atomic mass is 16.7. The van der Waals surface area contributed by atoms with Crippen LogP contribution in [-0.2, 0) is 14.2 Å². The lowest BCUT2D eigenvalue weighted by Gasteiger charge is -2.22. The van der Waals surface area contributed by atoms with Crippen molar-refractivity contribution in [3.05, 3.63) is 0 Å². The molecule has 4 nitrogen and oxygen atoms in total. The minimum absolute atomic E-state index is 0.142. The van der Waals surface area contributed by atoms with E-state index in [2.05, 4.69) is 19.9 Å². The summed E-state index contributed by atoms with van der Waals surface area (Å²) in [7, 11) is 0. The van der Waals surface area contributed by atoms with E-state index in [0.717, 1.165) is 45.3 Å². The predicted octanol–water partition coefficient (Wildman–Crippen LogP) is 9.90. The van der Waals surface area contributed by atoms with Crippen molar-refractivity contribution in [3.63, 3.8) is 0 Å². The summed E-state index contributed by atoms with van der Waals surface area (Å²) in [6.07, 6.45) is 26.9. The fraction of sp³-hybridized carbons (Fsp3) is 0.968. The van der Waals surface area contributed by atoms with Gasteiger partial charge in [-0.2, -0.15) is 5.26 Å². The summed E-state index contributed by atoms with van der Waals surface area (Å²) in [4.78, 5) is 0. The van der Waals surface area contributed by atoms with Crippen LogP contribution in [0.1, 0.15) is 162 Å². The number of ether oxygens (including phenoxy) is 3. The third-order valence-corrected chi connectivity index (χ3v) is 6.81. The molecule has 2 unspecified atom stereocenters. The second-order valence-electron chi connectivity index (χ2n) is 10.2. The maximum absolute atomic E-state index is 9.03. The Morgan fingerprint density at radius 2 is 0.971 bits per heavy atom. The second-order valence-corrected chi connectivity index (χ2v) is 10.2. The Balaban J connectivity index is 3.93. The molecular formula is C31H61NO3. The van der Waals surface area contributed by atoms with Crippen LogP contribution >= 0.6 is 0 Å². The van der Waals surface area contributed by atoms with Crippen LogP contribution in [0.15, 0.2) is 0 Å². The van der Waals surface area contributed by atoms with Crippen LogP contribution in [0, 0.1) is 11.3 Å². The molecule has 4 heteroatoms. The van der Waals surface area contributed by atoms with Crippen LogP contribution in [0.5, 0.6) is 0 Å². The molecule has 0 radical (unpaired) electrons. The Bertz CT molecular complexity index is 437. The summed E-state index contributed by atoms with van der Waals surface area (Å²) in [5.41, 5.74) is 0. The van der Waals surface area contributed by atoms with Gasteiger partial charge >= 0.3 is 0 Å². The molecule has 208 valence electrons. The maximum Gasteiger partial charge on any atom is 0.157 e. The van der Waals surface area contributed by atoms with Crippen LogP contribution < -0.4 is 0 Å². The van der Waals surface area contributed by atoms with Gasteiger partial charge in [0.2, 0.25) is 0 Å².